The Bertz CT molecular complexity index is 559. The second-order valence-electron chi connectivity index (χ2n) is 3.48. The molecular formula is C12H11ClN4O. The van der Waals surface area contributed by atoms with Crippen LogP contribution in [0.1, 0.15) is 11.4 Å². The first-order valence-electron chi connectivity index (χ1n) is 5.20. The molecule has 0 radical (unpaired) electrons. The highest BCUT2D eigenvalue weighted by molar-refractivity contribution is 6.34. The zero-order valence-corrected chi connectivity index (χ0v) is 10.2. The smallest absolute Gasteiger partial charge is 0.166 e. The molecule has 0 unspecified atom stereocenters. The minimum atomic E-state index is -0.135. The lowest BCUT2D eigenvalue weighted by Crippen LogP contribution is -2.14. The third-order valence-electron chi connectivity index (χ3n) is 2.22. The van der Waals surface area contributed by atoms with Crippen molar-refractivity contribution in [1.82, 2.24) is 9.97 Å². The van der Waals surface area contributed by atoms with Crippen molar-refractivity contribution in [3.8, 4) is 5.75 Å². The number of nitrogens with zero attached hydrogens (tertiary/aromatic N) is 2. The fraction of sp³-hybridized carbons (Fsp3) is 0.0833. The van der Waals surface area contributed by atoms with Gasteiger partial charge in [-0.05, 0) is 18.2 Å². The molecule has 2 aromatic rings. The third kappa shape index (κ3) is 2.75. The van der Waals surface area contributed by atoms with Gasteiger partial charge in [-0.15, -0.1) is 0 Å². The quantitative estimate of drug-likeness (QED) is 0.652. The maximum Gasteiger partial charge on any atom is 0.166 e. The summed E-state index contributed by atoms with van der Waals surface area (Å²) in [5, 5.41) is 7.87. The maximum atomic E-state index is 7.48. The minimum absolute atomic E-state index is 0.135. The molecule has 1 aromatic carbocycles. The van der Waals surface area contributed by atoms with Gasteiger partial charge in [-0.2, -0.15) is 0 Å². The molecule has 0 aliphatic heterocycles. The van der Waals surface area contributed by atoms with Crippen LogP contribution in [0.5, 0.6) is 5.75 Å². The highest BCUT2D eigenvalue weighted by Gasteiger charge is 2.11. The van der Waals surface area contributed by atoms with Gasteiger partial charge in [0.1, 0.15) is 18.2 Å². The number of nitrogen functional groups attached to an aromatic ring is 1. The first-order valence-corrected chi connectivity index (χ1v) is 5.58. The van der Waals surface area contributed by atoms with Crippen molar-refractivity contribution in [2.75, 3.05) is 0 Å². The number of amidine groups is 1. The third-order valence-corrected chi connectivity index (χ3v) is 2.54. The summed E-state index contributed by atoms with van der Waals surface area (Å²) >= 11 is 5.97. The number of aromatic nitrogens is 2. The van der Waals surface area contributed by atoms with Crippen molar-refractivity contribution in [1.29, 1.82) is 5.41 Å². The van der Waals surface area contributed by atoms with Crippen molar-refractivity contribution in [2.45, 2.75) is 6.61 Å². The highest BCUT2D eigenvalue weighted by atomic mass is 35.5. The highest BCUT2D eigenvalue weighted by Crippen LogP contribution is 2.26. The summed E-state index contributed by atoms with van der Waals surface area (Å²) in [6, 6.07) is 6.82. The Labute approximate surface area is 109 Å². The van der Waals surface area contributed by atoms with Crippen LogP contribution in [0.15, 0.2) is 36.7 Å². The molecule has 0 atom stereocenters. The van der Waals surface area contributed by atoms with E-state index < -0.39 is 0 Å². The van der Waals surface area contributed by atoms with Gasteiger partial charge in [0.25, 0.3) is 0 Å². The Balaban J connectivity index is 2.20. The zero-order valence-electron chi connectivity index (χ0n) is 9.43. The lowest BCUT2D eigenvalue weighted by atomic mass is 10.2. The molecule has 0 spiro atoms. The number of ether oxygens (including phenoxy) is 1. The van der Waals surface area contributed by atoms with Crippen molar-refractivity contribution in [3.05, 3.63) is 53.1 Å². The molecule has 18 heavy (non-hydrogen) atoms. The lowest BCUT2D eigenvalue weighted by Gasteiger charge is -2.11. The molecule has 1 aromatic heterocycles. The van der Waals surface area contributed by atoms with Crippen molar-refractivity contribution < 1.29 is 4.74 Å². The number of nitrogens with one attached hydrogen (secondary N) is 1. The molecule has 2 rings (SSSR count). The average Bonchev–Trinajstić information content (AvgIpc) is 2.37. The second-order valence-corrected chi connectivity index (χ2v) is 3.89. The predicted octanol–water partition coefficient (Wildman–Crippen LogP) is 1.99. The zero-order chi connectivity index (χ0) is 13.0. The van der Waals surface area contributed by atoms with E-state index >= 15 is 0 Å². The molecule has 0 saturated heterocycles. The van der Waals surface area contributed by atoms with Crippen LogP contribution in [0.4, 0.5) is 0 Å². The molecule has 0 bridgehead atoms. The van der Waals surface area contributed by atoms with Crippen molar-refractivity contribution in [3.63, 3.8) is 0 Å². The fourth-order valence-electron chi connectivity index (χ4n) is 1.43. The lowest BCUT2D eigenvalue weighted by molar-refractivity contribution is 0.295. The Hall–Kier alpha value is -2.14. The van der Waals surface area contributed by atoms with Gasteiger partial charge < -0.3 is 10.5 Å². The molecule has 6 heteroatoms. The molecular weight excluding hydrogens is 252 g/mol. The first-order chi connectivity index (χ1) is 8.68. The van der Waals surface area contributed by atoms with Crippen LogP contribution in [0, 0.1) is 5.41 Å². The Morgan fingerprint density at radius 3 is 2.67 bits per heavy atom. The molecule has 0 fully saturated rings. The maximum absolute atomic E-state index is 7.48. The molecule has 1 heterocycles. The number of nitrogens with two attached hydrogens (primary N) is 1. The van der Waals surface area contributed by atoms with Gasteiger partial charge in [0.2, 0.25) is 0 Å². The molecule has 0 saturated carbocycles. The van der Waals surface area contributed by atoms with Gasteiger partial charge in [-0.1, -0.05) is 17.7 Å². The number of halogens is 1. The molecule has 0 aliphatic carbocycles. The van der Waals surface area contributed by atoms with Gasteiger partial charge in [0, 0.05) is 12.4 Å². The van der Waals surface area contributed by atoms with Crippen molar-refractivity contribution >= 4 is 17.4 Å². The van der Waals surface area contributed by atoms with Crippen molar-refractivity contribution in [2.24, 2.45) is 5.73 Å². The monoisotopic (exact) mass is 262 g/mol. The summed E-state index contributed by atoms with van der Waals surface area (Å²) in [5.41, 5.74) is 5.86. The topological polar surface area (TPSA) is 84.9 Å². The van der Waals surface area contributed by atoms with Crippen LogP contribution in [-0.4, -0.2) is 15.8 Å². The van der Waals surface area contributed by atoms with Gasteiger partial charge in [-0.25, -0.2) is 9.97 Å². The SMILES string of the molecule is N=C(N)c1c(Cl)cccc1OCc1ncccn1. The van der Waals surface area contributed by atoms with Gasteiger partial charge >= 0.3 is 0 Å². The predicted molar refractivity (Wildman–Crippen MR) is 68.8 cm³/mol. The second kappa shape index (κ2) is 5.46. The molecule has 5 nitrogen and oxygen atoms in total. The van der Waals surface area contributed by atoms with Gasteiger partial charge in [0.05, 0.1) is 10.6 Å². The van der Waals surface area contributed by atoms with Crippen LogP contribution in [0.2, 0.25) is 5.02 Å². The number of rotatable bonds is 4. The summed E-state index contributed by atoms with van der Waals surface area (Å²) in [7, 11) is 0. The Morgan fingerprint density at radius 1 is 1.28 bits per heavy atom. The summed E-state index contributed by atoms with van der Waals surface area (Å²) in [5.74, 6) is 0.860. The minimum Gasteiger partial charge on any atom is -0.485 e. The summed E-state index contributed by atoms with van der Waals surface area (Å²) in [6.45, 7) is 0.196. The van der Waals surface area contributed by atoms with Crippen LogP contribution < -0.4 is 10.5 Å². The van der Waals surface area contributed by atoms with E-state index in [9.17, 15) is 0 Å². The largest absolute Gasteiger partial charge is 0.485 e. The first kappa shape index (κ1) is 12.3. The Kier molecular flexibility index (Phi) is 3.74. The van der Waals surface area contributed by atoms with E-state index in [1.807, 2.05) is 0 Å². The Morgan fingerprint density at radius 2 is 2.00 bits per heavy atom. The normalized spacial score (nSPS) is 10.1. The van der Waals surface area contributed by atoms with E-state index in [1.165, 1.54) is 0 Å². The standard InChI is InChI=1S/C12H11ClN4O/c13-8-3-1-4-9(11(8)12(14)15)18-7-10-16-5-2-6-17-10/h1-6H,7H2,(H3,14,15). The van der Waals surface area contributed by atoms with Crippen LogP contribution in [0.25, 0.3) is 0 Å². The average molecular weight is 263 g/mol. The summed E-state index contributed by atoms with van der Waals surface area (Å²) < 4.78 is 5.54. The van der Waals surface area contributed by atoms with E-state index in [2.05, 4.69) is 9.97 Å². The number of benzene rings is 1. The van der Waals surface area contributed by atoms with E-state index in [1.54, 1.807) is 36.7 Å². The summed E-state index contributed by atoms with van der Waals surface area (Å²) in [4.78, 5) is 8.07. The van der Waals surface area contributed by atoms with Crippen LogP contribution in [-0.2, 0) is 6.61 Å². The van der Waals surface area contributed by atoms with E-state index in [4.69, 9.17) is 27.5 Å². The molecule has 0 amide bonds. The van der Waals surface area contributed by atoms with Gasteiger partial charge in [-0.3, -0.25) is 5.41 Å². The number of hydrogen-bond acceptors (Lipinski definition) is 4. The molecule has 0 aliphatic rings. The molecule has 3 N–H and O–H groups in total. The van der Waals surface area contributed by atoms with Crippen LogP contribution in [0.3, 0.4) is 0 Å². The fourth-order valence-corrected chi connectivity index (χ4v) is 1.70. The summed E-state index contributed by atoms with van der Waals surface area (Å²) in [6.07, 6.45) is 3.27. The van der Waals surface area contributed by atoms with E-state index in [0.29, 0.717) is 22.2 Å². The van der Waals surface area contributed by atoms with Gasteiger partial charge in [0.15, 0.2) is 5.82 Å². The molecule has 92 valence electrons. The number of hydrogen-bond donors (Lipinski definition) is 2. The van der Waals surface area contributed by atoms with Crippen LogP contribution >= 0.6 is 11.6 Å². The van der Waals surface area contributed by atoms with E-state index in [-0.39, 0.29) is 12.4 Å². The van der Waals surface area contributed by atoms with E-state index in [0.717, 1.165) is 0 Å².